The number of pyridine rings is 2. The van der Waals surface area contributed by atoms with Gasteiger partial charge in [0.15, 0.2) is 35.9 Å². The first-order valence-electron chi connectivity index (χ1n) is 31.2. The first-order chi connectivity index (χ1) is 41.4. The molecule has 8 aromatic rings. The molecule has 10 heteroatoms. The molecule has 0 fully saturated rings. The number of hydrogen-bond acceptors (Lipinski definition) is 4. The molecular formula is C75H92N10+2. The minimum absolute atomic E-state index is 0.737. The Bertz CT molecular complexity index is 3490. The number of aryl methyl sites for hydroxylation is 2. The number of fused-ring (bicyclic) bond motifs is 4. The van der Waals surface area contributed by atoms with Crippen molar-refractivity contribution in [1.82, 2.24) is 0 Å². The highest BCUT2D eigenvalue weighted by molar-refractivity contribution is 6.09. The molecule has 440 valence electrons. The van der Waals surface area contributed by atoms with Gasteiger partial charge in [-0.25, -0.2) is 0 Å². The molecule has 0 bridgehead atoms. The molecule has 2 aromatic heterocycles. The second kappa shape index (κ2) is 28.9. The predicted molar refractivity (Wildman–Crippen MR) is 360 cm³/mol. The molecule has 12 rings (SSSR count). The SMILES string of the molecule is CC.CC.CC.CC.Cc1c(Cc2cc(C)[n+](Cc3ccc(CN4/C(=N/N=C5\Cc6ccccc6N5C)Cc5ccccc54)cc3)c(C)c2C)cc(C)[n+](Cc2ccc(CN3/C(=N\N=C4/Cc5ccccc5N4C)Cc4ccccc43)cc2)c1C. The number of aromatic nitrogens is 2. The van der Waals surface area contributed by atoms with Crippen LogP contribution in [0, 0.1) is 41.5 Å². The smallest absolute Gasteiger partial charge is 0.181 e. The first kappa shape index (κ1) is 62.5. The first-order valence-corrected chi connectivity index (χ1v) is 31.2. The molecular weight excluding hydrogens is 1040 g/mol. The van der Waals surface area contributed by atoms with Crippen molar-refractivity contribution in [2.75, 3.05) is 33.7 Å². The molecule has 4 aliphatic heterocycles. The zero-order chi connectivity index (χ0) is 60.9. The van der Waals surface area contributed by atoms with E-state index >= 15 is 0 Å². The van der Waals surface area contributed by atoms with Gasteiger partial charge in [-0.15, -0.1) is 20.4 Å². The van der Waals surface area contributed by atoms with Crippen LogP contribution >= 0.6 is 0 Å². The maximum atomic E-state index is 4.91. The maximum absolute atomic E-state index is 4.91. The minimum atomic E-state index is 0.737. The van der Waals surface area contributed by atoms with Gasteiger partial charge in [0, 0.05) is 138 Å². The van der Waals surface area contributed by atoms with E-state index in [1.807, 2.05) is 55.4 Å². The van der Waals surface area contributed by atoms with Crippen molar-refractivity contribution < 1.29 is 9.13 Å². The molecule has 0 saturated heterocycles. The second-order valence-electron chi connectivity index (χ2n) is 21.6. The maximum Gasteiger partial charge on any atom is 0.181 e. The molecule has 0 atom stereocenters. The summed E-state index contributed by atoms with van der Waals surface area (Å²) in [5.41, 5.74) is 25.7. The topological polar surface area (TPSA) is 70.2 Å². The average molecular weight is 1130 g/mol. The minimum Gasteiger partial charge on any atom is -0.331 e. The van der Waals surface area contributed by atoms with Crippen LogP contribution in [0.25, 0.3) is 0 Å². The highest BCUT2D eigenvalue weighted by Gasteiger charge is 2.30. The van der Waals surface area contributed by atoms with E-state index in [1.165, 1.54) is 112 Å². The fraction of sp³-hybridized carbons (Fsp3) is 0.333. The zero-order valence-corrected chi connectivity index (χ0v) is 53.8. The molecule has 0 spiro atoms. The number of nitrogens with zero attached hydrogens (tertiary/aromatic N) is 10. The van der Waals surface area contributed by atoms with Crippen LogP contribution in [0.3, 0.4) is 0 Å². The zero-order valence-electron chi connectivity index (χ0n) is 53.8. The van der Waals surface area contributed by atoms with Crippen LogP contribution in [0.4, 0.5) is 22.7 Å². The van der Waals surface area contributed by atoms with Gasteiger partial charge in [0.25, 0.3) is 0 Å². The summed E-state index contributed by atoms with van der Waals surface area (Å²) >= 11 is 0. The fourth-order valence-corrected chi connectivity index (χ4v) is 12.0. The van der Waals surface area contributed by atoms with Crippen molar-refractivity contribution in [1.29, 1.82) is 0 Å². The lowest BCUT2D eigenvalue weighted by atomic mass is 9.95. The van der Waals surface area contributed by atoms with Gasteiger partial charge in [0.2, 0.25) is 0 Å². The van der Waals surface area contributed by atoms with Gasteiger partial charge < -0.3 is 19.6 Å². The third-order valence-electron chi connectivity index (χ3n) is 16.9. The van der Waals surface area contributed by atoms with E-state index in [1.54, 1.807) is 0 Å². The summed E-state index contributed by atoms with van der Waals surface area (Å²) in [4.78, 5) is 9.00. The number of amidine groups is 4. The van der Waals surface area contributed by atoms with Crippen LogP contribution in [0.2, 0.25) is 0 Å². The Hall–Kier alpha value is -8.50. The molecule has 0 aliphatic carbocycles. The van der Waals surface area contributed by atoms with Crippen LogP contribution in [0.5, 0.6) is 0 Å². The van der Waals surface area contributed by atoms with Crippen molar-refractivity contribution in [3.63, 3.8) is 0 Å². The largest absolute Gasteiger partial charge is 0.331 e. The lowest BCUT2D eigenvalue weighted by Crippen LogP contribution is -2.42. The normalized spacial score (nSPS) is 15.3. The Labute approximate surface area is 509 Å². The van der Waals surface area contributed by atoms with E-state index in [2.05, 4.69) is 242 Å². The summed E-state index contributed by atoms with van der Waals surface area (Å²) in [6.07, 6.45) is 4.03. The summed E-state index contributed by atoms with van der Waals surface area (Å²) in [6, 6.07) is 57.5. The summed E-state index contributed by atoms with van der Waals surface area (Å²) in [6.45, 7) is 32.8. The molecule has 6 heterocycles. The van der Waals surface area contributed by atoms with Crippen molar-refractivity contribution >= 4 is 46.1 Å². The molecule has 0 amide bonds. The predicted octanol–water partition coefficient (Wildman–Crippen LogP) is 15.8. The van der Waals surface area contributed by atoms with Crippen molar-refractivity contribution in [3.05, 3.63) is 247 Å². The van der Waals surface area contributed by atoms with E-state index in [4.69, 9.17) is 20.4 Å². The van der Waals surface area contributed by atoms with Gasteiger partial charge in [-0.3, -0.25) is 0 Å². The Balaban J connectivity index is 0.00000113. The number of rotatable bonds is 12. The van der Waals surface area contributed by atoms with E-state index in [9.17, 15) is 0 Å². The van der Waals surface area contributed by atoms with Crippen molar-refractivity contribution in [2.24, 2.45) is 20.4 Å². The summed E-state index contributed by atoms with van der Waals surface area (Å²) in [5, 5.41) is 19.5. The molecule has 0 saturated carbocycles. The molecule has 10 nitrogen and oxygen atoms in total. The van der Waals surface area contributed by atoms with Gasteiger partial charge >= 0.3 is 0 Å². The lowest BCUT2D eigenvalue weighted by molar-refractivity contribution is -0.700. The number of para-hydroxylation sites is 4. The molecule has 6 aromatic carbocycles. The monoisotopic (exact) mass is 1130 g/mol. The average Bonchev–Trinajstić information content (AvgIpc) is 4.50. The van der Waals surface area contributed by atoms with Crippen molar-refractivity contribution in [2.45, 2.75) is 155 Å². The van der Waals surface area contributed by atoms with Crippen LogP contribution < -0.4 is 28.7 Å². The van der Waals surface area contributed by atoms with Gasteiger partial charge in [0.05, 0.1) is 0 Å². The molecule has 85 heavy (non-hydrogen) atoms. The highest BCUT2D eigenvalue weighted by atomic mass is 15.4. The van der Waals surface area contributed by atoms with Crippen molar-refractivity contribution in [3.8, 4) is 0 Å². The Morgan fingerprint density at radius 1 is 0.353 bits per heavy atom. The Kier molecular flexibility index (Phi) is 21.2. The second-order valence-corrected chi connectivity index (χ2v) is 21.6. The molecule has 0 N–H and O–H groups in total. The molecule has 0 radical (unpaired) electrons. The quantitative estimate of drug-likeness (QED) is 0.0903. The van der Waals surface area contributed by atoms with E-state index in [0.717, 1.165) is 81.6 Å². The number of likely N-dealkylation sites (N-methyl/N-ethyl adjacent to an activating group) is 2. The number of benzene rings is 6. The van der Waals surface area contributed by atoms with E-state index < -0.39 is 0 Å². The third-order valence-corrected chi connectivity index (χ3v) is 16.9. The van der Waals surface area contributed by atoms with Crippen LogP contribution in [0.15, 0.2) is 178 Å². The number of anilines is 4. The standard InChI is InChI=1S/C67H68N10.4C2H6/c1-44-33-58(46(3)48(5)74(44)40-50-25-29-52(30-26-50)42-76-62-23-15-11-19-56(62)38-66(76)70-68-64-36-54-17-9-13-21-60(54)72(64)7)35-59-34-45(2)75(49(6)47(59)4)41-51-27-31-53(32-28-51)43-77-63-24-16-12-20-57(63)39-67(77)71-69-65-37-55-18-10-14-22-61(55)73(65)8;4*1-2/h9-34H,35-43H2,1-8H3;4*1-2H3/q+2;;;;/b68-64+,69-65+,70-66-,71-67+;;;;. The van der Waals surface area contributed by atoms with Crippen LogP contribution in [-0.4, -0.2) is 37.4 Å². The summed E-state index contributed by atoms with van der Waals surface area (Å²) < 4.78 is 4.95. The summed E-state index contributed by atoms with van der Waals surface area (Å²) in [7, 11) is 4.17. The van der Waals surface area contributed by atoms with Gasteiger partial charge in [-0.1, -0.05) is 177 Å². The van der Waals surface area contributed by atoms with Gasteiger partial charge in [-0.05, 0) is 89.0 Å². The Morgan fingerprint density at radius 3 is 0.976 bits per heavy atom. The van der Waals surface area contributed by atoms with E-state index in [0.29, 0.717) is 0 Å². The van der Waals surface area contributed by atoms with Crippen LogP contribution in [-0.2, 0) is 58.3 Å². The third kappa shape index (κ3) is 13.5. The lowest BCUT2D eigenvalue weighted by Gasteiger charge is -2.20. The van der Waals surface area contributed by atoms with E-state index in [-0.39, 0.29) is 0 Å². The number of hydrogen-bond donors (Lipinski definition) is 0. The van der Waals surface area contributed by atoms with Gasteiger partial charge in [-0.2, -0.15) is 9.13 Å². The highest BCUT2D eigenvalue weighted by Crippen LogP contribution is 2.34. The fourth-order valence-electron chi connectivity index (χ4n) is 12.0. The van der Waals surface area contributed by atoms with Gasteiger partial charge in [0.1, 0.15) is 23.3 Å². The van der Waals surface area contributed by atoms with Crippen LogP contribution in [0.1, 0.15) is 145 Å². The summed E-state index contributed by atoms with van der Waals surface area (Å²) in [5.74, 6) is 3.91. The Morgan fingerprint density at radius 2 is 0.635 bits per heavy atom. The molecule has 4 aliphatic rings. The molecule has 0 unspecified atom stereocenters.